The van der Waals surface area contributed by atoms with E-state index in [0.717, 1.165) is 11.3 Å². The number of aromatic nitrogens is 1. The molecule has 1 fully saturated rings. The number of hydrogen-bond donors (Lipinski definition) is 1. The van der Waals surface area contributed by atoms with Gasteiger partial charge < -0.3 is 14.4 Å². The van der Waals surface area contributed by atoms with Gasteiger partial charge >= 0.3 is 5.97 Å². The van der Waals surface area contributed by atoms with Crippen LogP contribution in [0.1, 0.15) is 18.4 Å². The van der Waals surface area contributed by atoms with Crippen LogP contribution in [-0.4, -0.2) is 22.8 Å². The van der Waals surface area contributed by atoms with Crippen LogP contribution in [0.3, 0.4) is 0 Å². The summed E-state index contributed by atoms with van der Waals surface area (Å²) in [5.74, 6) is -0.279. The average Bonchev–Trinajstić information content (AvgIpc) is 3.39. The lowest BCUT2D eigenvalue weighted by atomic mass is 10.0. The predicted molar refractivity (Wildman–Crippen MR) is 96.1 cm³/mol. The molecule has 3 rings (SSSR count). The van der Waals surface area contributed by atoms with Crippen molar-refractivity contribution in [2.24, 2.45) is 17.5 Å². The van der Waals surface area contributed by atoms with Crippen molar-refractivity contribution in [3.63, 3.8) is 0 Å². The molecule has 0 spiro atoms. The topological polar surface area (TPSA) is 63.8 Å². The Hall–Kier alpha value is -2.82. The number of aryl methyl sites for hydroxylation is 1. The summed E-state index contributed by atoms with van der Waals surface area (Å²) in [4.78, 5) is 16.1. The number of carbonyl (C=O) groups is 1. The maximum absolute atomic E-state index is 11.5. The molecular weight excluding hydrogens is 316 g/mol. The molecule has 1 saturated carbocycles. The highest BCUT2D eigenvalue weighted by Gasteiger charge is 2.53. The van der Waals surface area contributed by atoms with Gasteiger partial charge in [-0.2, -0.15) is 0 Å². The van der Waals surface area contributed by atoms with Gasteiger partial charge in [0.2, 0.25) is 0 Å². The molecule has 1 aromatic heterocycles. The van der Waals surface area contributed by atoms with E-state index < -0.39 is 11.4 Å². The fourth-order valence-electron chi connectivity index (χ4n) is 2.91. The normalized spacial score (nSPS) is 15.7. The zero-order valence-corrected chi connectivity index (χ0v) is 14.7. The maximum Gasteiger partial charge on any atom is 0.315 e. The quantitative estimate of drug-likeness (QED) is 0.910. The molecule has 130 valence electrons. The van der Waals surface area contributed by atoms with Crippen LogP contribution in [0.2, 0.25) is 0 Å². The summed E-state index contributed by atoms with van der Waals surface area (Å²) < 4.78 is 7.34. The average molecular weight is 338 g/mol. The molecule has 1 N–H and O–H groups in total. The molecule has 0 aliphatic heterocycles. The van der Waals surface area contributed by atoms with Crippen LogP contribution in [0.4, 0.5) is 0 Å². The summed E-state index contributed by atoms with van der Waals surface area (Å²) in [5, 5.41) is 9.45. The fourth-order valence-corrected chi connectivity index (χ4v) is 2.91. The van der Waals surface area contributed by atoms with Crippen molar-refractivity contribution < 1.29 is 14.6 Å². The van der Waals surface area contributed by atoms with Crippen LogP contribution < -0.4 is 10.2 Å². The first kappa shape index (κ1) is 17.0. The number of ether oxygens (including phenoxy) is 1. The number of methoxy groups -OCH3 is 1. The van der Waals surface area contributed by atoms with Crippen LogP contribution in [0, 0.1) is 12.3 Å². The second-order valence-electron chi connectivity index (χ2n) is 6.48. The van der Waals surface area contributed by atoms with E-state index in [-0.39, 0.29) is 0 Å². The highest BCUT2D eigenvalue weighted by Crippen LogP contribution is 2.51. The summed E-state index contributed by atoms with van der Waals surface area (Å²) >= 11 is 0. The minimum Gasteiger partial charge on any atom is -0.493 e. The van der Waals surface area contributed by atoms with Gasteiger partial charge in [0, 0.05) is 12.7 Å². The van der Waals surface area contributed by atoms with Gasteiger partial charge in [0.05, 0.1) is 12.8 Å². The van der Waals surface area contributed by atoms with E-state index >= 15 is 0 Å². The first-order valence-corrected chi connectivity index (χ1v) is 8.17. The minimum absolute atomic E-state index is 0.370. The smallest absolute Gasteiger partial charge is 0.315 e. The predicted octanol–water partition coefficient (Wildman–Crippen LogP) is 3.29. The van der Waals surface area contributed by atoms with Gasteiger partial charge in [-0.05, 0) is 37.5 Å². The zero-order valence-electron chi connectivity index (χ0n) is 14.7. The third kappa shape index (κ3) is 2.97. The highest BCUT2D eigenvalue weighted by molar-refractivity contribution is 5.81. The molecule has 1 aliphatic rings. The van der Waals surface area contributed by atoms with Crippen LogP contribution in [-0.2, 0) is 11.8 Å². The molecule has 0 atom stereocenters. The van der Waals surface area contributed by atoms with Gasteiger partial charge in [-0.25, -0.2) is 4.99 Å². The van der Waals surface area contributed by atoms with Crippen LogP contribution in [0.25, 0.3) is 11.3 Å². The zero-order chi connectivity index (χ0) is 18.2. The molecule has 0 saturated heterocycles. The Bertz CT molecular complexity index is 904. The van der Waals surface area contributed by atoms with Crippen molar-refractivity contribution in [3.8, 4) is 17.0 Å². The van der Waals surface area contributed by atoms with E-state index in [9.17, 15) is 9.90 Å². The Morgan fingerprint density at radius 2 is 1.88 bits per heavy atom. The van der Waals surface area contributed by atoms with Crippen LogP contribution in [0.5, 0.6) is 5.75 Å². The Kier molecular flexibility index (Phi) is 4.25. The Morgan fingerprint density at radius 1 is 1.24 bits per heavy atom. The van der Waals surface area contributed by atoms with Gasteiger partial charge in [0.1, 0.15) is 5.41 Å². The van der Waals surface area contributed by atoms with Crippen molar-refractivity contribution >= 4 is 5.97 Å². The first-order valence-electron chi connectivity index (χ1n) is 8.17. The van der Waals surface area contributed by atoms with Gasteiger partial charge in [0.25, 0.3) is 0 Å². The summed E-state index contributed by atoms with van der Waals surface area (Å²) in [6.07, 6.45) is 1.16. The molecule has 1 aliphatic carbocycles. The third-order valence-corrected chi connectivity index (χ3v) is 4.81. The van der Waals surface area contributed by atoms with Gasteiger partial charge in [-0.1, -0.05) is 36.4 Å². The highest BCUT2D eigenvalue weighted by atomic mass is 16.5. The van der Waals surface area contributed by atoms with Crippen molar-refractivity contribution in [3.05, 3.63) is 59.7 Å². The van der Waals surface area contributed by atoms with Gasteiger partial charge in [0.15, 0.2) is 11.2 Å². The minimum atomic E-state index is -0.919. The largest absolute Gasteiger partial charge is 0.493 e. The number of benzene rings is 1. The monoisotopic (exact) mass is 338 g/mol. The number of carboxylic acids is 1. The lowest BCUT2D eigenvalue weighted by Crippen LogP contribution is -2.24. The first-order chi connectivity index (χ1) is 11.9. The van der Waals surface area contributed by atoms with Gasteiger partial charge in [-0.15, -0.1) is 0 Å². The standard InChI is InChI=1S/C20H22N2O3/c1-13-5-7-15(8-6-13)16-9-10-17(25-4)18(22(16)3)21-14(2)20(11-12-20)19(23)24/h5-10H,2,11-12H2,1,3-4H3,(H,23,24). The Labute approximate surface area is 146 Å². The molecule has 0 bridgehead atoms. The summed E-state index contributed by atoms with van der Waals surface area (Å²) in [6, 6.07) is 12.0. The molecule has 0 amide bonds. The third-order valence-electron chi connectivity index (χ3n) is 4.81. The molecule has 0 unspecified atom stereocenters. The molecule has 5 heteroatoms. The lowest BCUT2D eigenvalue weighted by molar-refractivity contribution is -0.141. The fraction of sp³-hybridized carbons (Fsp3) is 0.300. The van der Waals surface area contributed by atoms with E-state index in [0.29, 0.717) is 29.8 Å². The lowest BCUT2D eigenvalue weighted by Gasteiger charge is -2.15. The van der Waals surface area contributed by atoms with E-state index in [1.807, 2.05) is 30.7 Å². The molecule has 2 aromatic rings. The number of hydrogen-bond acceptors (Lipinski definition) is 3. The van der Waals surface area contributed by atoms with Crippen LogP contribution >= 0.6 is 0 Å². The Morgan fingerprint density at radius 3 is 2.40 bits per heavy atom. The number of carboxylic acid groups (broad SMARTS) is 1. The van der Waals surface area contributed by atoms with Crippen LogP contribution in [0.15, 0.2) is 53.7 Å². The molecular formula is C20H22N2O3. The summed E-state index contributed by atoms with van der Waals surface area (Å²) in [6.45, 7) is 5.96. The summed E-state index contributed by atoms with van der Waals surface area (Å²) in [5.41, 5.74) is 3.23. The SMILES string of the molecule is C=C(N=c1c(OC)ccc(-c2ccc(C)cc2)n1C)C1(C(=O)O)CC1. The maximum atomic E-state index is 11.5. The molecule has 0 radical (unpaired) electrons. The number of pyridine rings is 1. The van der Waals surface area contributed by atoms with E-state index in [2.05, 4.69) is 35.8 Å². The van der Waals surface area contributed by atoms with E-state index in [1.54, 1.807) is 7.11 Å². The number of rotatable bonds is 5. The second-order valence-corrected chi connectivity index (χ2v) is 6.48. The van der Waals surface area contributed by atoms with Crippen molar-refractivity contribution in [2.45, 2.75) is 19.8 Å². The molecule has 5 nitrogen and oxygen atoms in total. The van der Waals surface area contributed by atoms with E-state index in [4.69, 9.17) is 4.74 Å². The van der Waals surface area contributed by atoms with Crippen molar-refractivity contribution in [1.82, 2.24) is 4.57 Å². The van der Waals surface area contributed by atoms with Gasteiger partial charge in [-0.3, -0.25) is 4.79 Å². The van der Waals surface area contributed by atoms with E-state index in [1.165, 1.54) is 5.56 Å². The molecule has 25 heavy (non-hydrogen) atoms. The van der Waals surface area contributed by atoms with Crippen molar-refractivity contribution in [2.75, 3.05) is 7.11 Å². The molecule has 1 aromatic carbocycles. The Balaban J connectivity index is 2.14. The molecule has 1 heterocycles. The van der Waals surface area contributed by atoms with Crippen molar-refractivity contribution in [1.29, 1.82) is 0 Å². The second kappa shape index (κ2) is 6.24. The number of nitrogens with zero attached hydrogens (tertiary/aromatic N) is 2. The number of aliphatic carboxylic acids is 1. The summed E-state index contributed by atoms with van der Waals surface area (Å²) in [7, 11) is 3.47.